The molecule has 2 unspecified atom stereocenters. The molecule has 0 spiro atoms. The summed E-state index contributed by atoms with van der Waals surface area (Å²) in [6.45, 7) is 2.04. The Kier molecular flexibility index (Phi) is 5.76. The molecule has 0 saturated heterocycles. The van der Waals surface area contributed by atoms with Gasteiger partial charge in [-0.3, -0.25) is 9.59 Å². The Bertz CT molecular complexity index is 849. The maximum Gasteiger partial charge on any atom is 0.338 e. The van der Waals surface area contributed by atoms with Crippen LogP contribution < -0.4 is 10.6 Å². The number of anilines is 2. The topological polar surface area (TPSA) is 84.5 Å². The number of nitrogens with one attached hydrogen (secondary N) is 2. The fraction of sp³-hybridized carbons (Fsp3) is 0.250. The van der Waals surface area contributed by atoms with Crippen molar-refractivity contribution in [3.05, 3.63) is 59.1 Å². The van der Waals surface area contributed by atoms with Gasteiger partial charge >= 0.3 is 5.97 Å². The third-order valence-corrected chi connectivity index (χ3v) is 4.49. The van der Waals surface area contributed by atoms with E-state index in [1.807, 2.05) is 0 Å². The van der Waals surface area contributed by atoms with Crippen LogP contribution in [0.4, 0.5) is 11.4 Å². The van der Waals surface area contributed by atoms with E-state index in [1.54, 1.807) is 55.5 Å². The fourth-order valence-corrected chi connectivity index (χ4v) is 2.81. The van der Waals surface area contributed by atoms with Crippen molar-refractivity contribution in [1.29, 1.82) is 0 Å². The second kappa shape index (κ2) is 8.22. The first-order valence-electron chi connectivity index (χ1n) is 8.62. The minimum atomic E-state index is -0.406. The first-order chi connectivity index (χ1) is 13.0. The maximum atomic E-state index is 12.3. The van der Waals surface area contributed by atoms with Gasteiger partial charge in [-0.05, 0) is 61.9 Å². The van der Waals surface area contributed by atoms with Gasteiger partial charge in [-0.1, -0.05) is 11.6 Å². The molecule has 0 heterocycles. The van der Waals surface area contributed by atoms with Crippen LogP contribution in [0.2, 0.25) is 5.02 Å². The average Bonchev–Trinajstić information content (AvgIpc) is 3.45. The highest BCUT2D eigenvalue weighted by atomic mass is 35.5. The van der Waals surface area contributed by atoms with Crippen molar-refractivity contribution in [2.75, 3.05) is 17.2 Å². The maximum absolute atomic E-state index is 12.3. The van der Waals surface area contributed by atoms with Crippen molar-refractivity contribution in [2.45, 2.75) is 13.3 Å². The van der Waals surface area contributed by atoms with Gasteiger partial charge in [0.15, 0.2) is 0 Å². The molecule has 140 valence electrons. The third kappa shape index (κ3) is 4.86. The quantitative estimate of drug-likeness (QED) is 0.741. The van der Waals surface area contributed by atoms with Gasteiger partial charge in [0, 0.05) is 16.4 Å². The van der Waals surface area contributed by atoms with E-state index >= 15 is 0 Å². The number of hydrogen-bond donors (Lipinski definition) is 2. The van der Waals surface area contributed by atoms with Crippen molar-refractivity contribution in [3.8, 4) is 0 Å². The van der Waals surface area contributed by atoms with Crippen LogP contribution in [0.5, 0.6) is 0 Å². The second-order valence-corrected chi connectivity index (χ2v) is 6.67. The number of halogens is 1. The Hall–Kier alpha value is -2.86. The number of rotatable bonds is 6. The van der Waals surface area contributed by atoms with E-state index in [9.17, 15) is 14.4 Å². The zero-order valence-electron chi connectivity index (χ0n) is 14.7. The highest BCUT2D eigenvalue weighted by molar-refractivity contribution is 6.30. The average molecular weight is 387 g/mol. The summed E-state index contributed by atoms with van der Waals surface area (Å²) >= 11 is 5.82. The lowest BCUT2D eigenvalue weighted by molar-refractivity contribution is -0.122. The summed E-state index contributed by atoms with van der Waals surface area (Å²) in [6.07, 6.45) is 0.506. The van der Waals surface area contributed by atoms with E-state index in [1.165, 1.54) is 0 Å². The Balaban J connectivity index is 1.51. The van der Waals surface area contributed by atoms with Crippen LogP contribution in [0.1, 0.15) is 23.7 Å². The Labute approximate surface area is 161 Å². The molecule has 1 aliphatic carbocycles. The minimum absolute atomic E-state index is 0.185. The monoisotopic (exact) mass is 386 g/mol. The van der Waals surface area contributed by atoms with Gasteiger partial charge in [-0.2, -0.15) is 0 Å². The van der Waals surface area contributed by atoms with Crippen molar-refractivity contribution in [3.63, 3.8) is 0 Å². The molecule has 6 nitrogen and oxygen atoms in total. The number of esters is 1. The SMILES string of the molecule is CCOC(=O)c1ccc(NC(=O)C2CC2C(=O)Nc2ccc(Cl)cc2)cc1. The van der Waals surface area contributed by atoms with Crippen LogP contribution in [0.25, 0.3) is 0 Å². The molecule has 0 bridgehead atoms. The zero-order chi connectivity index (χ0) is 19.4. The van der Waals surface area contributed by atoms with Crippen molar-refractivity contribution < 1.29 is 19.1 Å². The molecule has 0 radical (unpaired) electrons. The predicted octanol–water partition coefficient (Wildman–Crippen LogP) is 3.73. The highest BCUT2D eigenvalue weighted by Crippen LogP contribution is 2.40. The molecule has 0 aromatic heterocycles. The predicted molar refractivity (Wildman–Crippen MR) is 103 cm³/mol. The first kappa shape index (κ1) is 18.9. The number of benzene rings is 2. The van der Waals surface area contributed by atoms with Crippen LogP contribution in [-0.4, -0.2) is 24.4 Å². The molecular formula is C20H19ClN2O4. The lowest BCUT2D eigenvalue weighted by Crippen LogP contribution is -2.20. The first-order valence-corrected chi connectivity index (χ1v) is 9.00. The summed E-state index contributed by atoms with van der Waals surface area (Å²) in [5.74, 6) is -1.51. The van der Waals surface area contributed by atoms with Crippen LogP contribution in [0.3, 0.4) is 0 Å². The molecule has 27 heavy (non-hydrogen) atoms. The summed E-state index contributed by atoms with van der Waals surface area (Å²) in [7, 11) is 0. The summed E-state index contributed by atoms with van der Waals surface area (Å²) < 4.78 is 4.91. The van der Waals surface area contributed by atoms with Gasteiger partial charge in [0.05, 0.1) is 24.0 Å². The zero-order valence-corrected chi connectivity index (χ0v) is 15.5. The second-order valence-electron chi connectivity index (χ2n) is 6.23. The number of ether oxygens (including phenoxy) is 1. The lowest BCUT2D eigenvalue weighted by Gasteiger charge is -2.07. The molecule has 2 aromatic rings. The molecule has 0 aliphatic heterocycles. The molecule has 2 aromatic carbocycles. The van der Waals surface area contributed by atoms with Crippen LogP contribution in [-0.2, 0) is 14.3 Å². The Morgan fingerprint density at radius 2 is 1.41 bits per heavy atom. The molecule has 2 atom stereocenters. The van der Waals surface area contributed by atoms with Gasteiger partial charge in [0.1, 0.15) is 0 Å². The Morgan fingerprint density at radius 1 is 0.926 bits per heavy atom. The van der Waals surface area contributed by atoms with E-state index in [4.69, 9.17) is 16.3 Å². The summed E-state index contributed by atoms with van der Waals surface area (Å²) in [5, 5.41) is 6.14. The highest BCUT2D eigenvalue weighted by Gasteiger charge is 2.48. The van der Waals surface area contributed by atoms with Gasteiger partial charge < -0.3 is 15.4 Å². The van der Waals surface area contributed by atoms with E-state index in [-0.39, 0.29) is 23.7 Å². The van der Waals surface area contributed by atoms with Gasteiger partial charge in [-0.25, -0.2) is 4.79 Å². The van der Waals surface area contributed by atoms with E-state index < -0.39 is 5.97 Å². The fourth-order valence-electron chi connectivity index (χ4n) is 2.68. The van der Waals surface area contributed by atoms with Gasteiger partial charge in [0.2, 0.25) is 11.8 Å². The molecule has 7 heteroatoms. The summed E-state index contributed by atoms with van der Waals surface area (Å²) in [6, 6.07) is 13.2. The van der Waals surface area contributed by atoms with E-state index in [0.29, 0.717) is 35.0 Å². The molecule has 1 saturated carbocycles. The van der Waals surface area contributed by atoms with Crippen LogP contribution in [0.15, 0.2) is 48.5 Å². The smallest absolute Gasteiger partial charge is 0.338 e. The molecule has 2 amide bonds. The van der Waals surface area contributed by atoms with E-state index in [2.05, 4.69) is 10.6 Å². The lowest BCUT2D eigenvalue weighted by atomic mass is 10.2. The van der Waals surface area contributed by atoms with Crippen LogP contribution >= 0.6 is 11.6 Å². The molecular weight excluding hydrogens is 368 g/mol. The minimum Gasteiger partial charge on any atom is -0.462 e. The van der Waals surface area contributed by atoms with Gasteiger partial charge in [-0.15, -0.1) is 0 Å². The molecule has 3 rings (SSSR count). The van der Waals surface area contributed by atoms with E-state index in [0.717, 1.165) is 0 Å². The number of carbonyl (C=O) groups is 3. The van der Waals surface area contributed by atoms with Crippen molar-refractivity contribution in [1.82, 2.24) is 0 Å². The van der Waals surface area contributed by atoms with Crippen LogP contribution in [0, 0.1) is 11.8 Å². The normalized spacial score (nSPS) is 17.7. The third-order valence-electron chi connectivity index (χ3n) is 4.24. The van der Waals surface area contributed by atoms with Gasteiger partial charge in [0.25, 0.3) is 0 Å². The largest absolute Gasteiger partial charge is 0.462 e. The molecule has 2 N–H and O–H groups in total. The number of amides is 2. The molecule has 1 aliphatic rings. The Morgan fingerprint density at radius 3 is 1.89 bits per heavy atom. The standard InChI is InChI=1S/C20H19ClN2O4/c1-2-27-20(26)12-3-7-14(8-4-12)22-18(24)16-11-17(16)19(25)23-15-9-5-13(21)6-10-15/h3-10,16-17H,2,11H2,1H3,(H,22,24)(H,23,25). The van der Waals surface area contributed by atoms with Crippen molar-refractivity contribution in [2.24, 2.45) is 11.8 Å². The summed E-state index contributed by atoms with van der Waals surface area (Å²) in [4.78, 5) is 36.2. The molecule has 1 fully saturated rings. The summed E-state index contributed by atoms with van der Waals surface area (Å²) in [5.41, 5.74) is 1.63. The van der Waals surface area contributed by atoms with Crippen molar-refractivity contribution >= 4 is 40.8 Å². The number of hydrogen-bond acceptors (Lipinski definition) is 4. The number of carbonyl (C=O) groups excluding carboxylic acids is 3.